The van der Waals surface area contributed by atoms with Crippen molar-refractivity contribution in [2.24, 2.45) is 0 Å². The molecule has 0 N–H and O–H groups in total. The second-order valence-electron chi connectivity index (χ2n) is 13.5. The van der Waals surface area contributed by atoms with Gasteiger partial charge in [0.05, 0.1) is 39.9 Å². The summed E-state index contributed by atoms with van der Waals surface area (Å²) in [5.41, 5.74) is 6.85. The summed E-state index contributed by atoms with van der Waals surface area (Å²) in [4.78, 5) is 14.8. The second-order valence-corrected chi connectivity index (χ2v) is 13.5. The Hall–Kier alpha value is -7.88. The molecule has 0 atom stereocenters. The number of hydrogen-bond acceptors (Lipinski definition) is 5. The van der Waals surface area contributed by atoms with Crippen molar-refractivity contribution in [3.63, 3.8) is 0 Å². The summed E-state index contributed by atoms with van der Waals surface area (Å²) < 4.78 is 44.4. The summed E-state index contributed by atoms with van der Waals surface area (Å²) in [7, 11) is 0. The number of rotatable bonds is 6. The van der Waals surface area contributed by atoms with E-state index in [-0.39, 0.29) is 5.82 Å². The molecule has 270 valence electrons. The third-order valence-corrected chi connectivity index (χ3v) is 9.90. The standard InChI is InChI=1S/C48H27F3N6/c49-48(50,51)37-15-9-14-35(25-37)39-21-19-38(27-42(39)47-55-45(32-10-3-1-4-11-32)54-46(56-47)33-12-5-2-6-13-33)57-43-17-8-7-16-40(43)41-20-18-34(26-44(41)57)36-23-30(28-52)22-31(24-36)29-53/h1-27H. The third-order valence-electron chi connectivity index (χ3n) is 9.90. The highest BCUT2D eigenvalue weighted by atomic mass is 19.4. The molecule has 0 bridgehead atoms. The molecule has 0 spiro atoms. The highest BCUT2D eigenvalue weighted by molar-refractivity contribution is 6.10. The summed E-state index contributed by atoms with van der Waals surface area (Å²) in [6.45, 7) is 0. The molecule has 9 heteroatoms. The van der Waals surface area contributed by atoms with Gasteiger partial charge in [0.25, 0.3) is 0 Å². The Balaban J connectivity index is 1.33. The van der Waals surface area contributed by atoms with Gasteiger partial charge in [-0.05, 0) is 76.9 Å². The largest absolute Gasteiger partial charge is 0.416 e. The van der Waals surface area contributed by atoms with E-state index < -0.39 is 11.7 Å². The highest BCUT2D eigenvalue weighted by Crippen LogP contribution is 2.40. The fraction of sp³-hybridized carbons (Fsp3) is 0.0208. The van der Waals surface area contributed by atoms with E-state index in [0.29, 0.717) is 39.5 Å². The minimum Gasteiger partial charge on any atom is -0.309 e. The first kappa shape index (κ1) is 34.9. The number of alkyl halides is 3. The van der Waals surface area contributed by atoms with E-state index in [9.17, 15) is 23.7 Å². The van der Waals surface area contributed by atoms with Gasteiger partial charge in [-0.15, -0.1) is 0 Å². The van der Waals surface area contributed by atoms with Gasteiger partial charge in [0.1, 0.15) is 0 Å². The molecular weight excluding hydrogens is 718 g/mol. The van der Waals surface area contributed by atoms with Crippen molar-refractivity contribution < 1.29 is 13.2 Å². The van der Waals surface area contributed by atoms with Crippen LogP contribution in [0, 0.1) is 22.7 Å². The Kier molecular flexibility index (Phi) is 8.61. The SMILES string of the molecule is N#Cc1cc(C#N)cc(-c2ccc3c4ccccc4n(-c4ccc(-c5cccc(C(F)(F)F)c5)c(-c5nc(-c6ccccc6)nc(-c6ccccc6)n5)c4)c3c2)c1. The summed E-state index contributed by atoms with van der Waals surface area (Å²) in [6.07, 6.45) is -4.55. The molecule has 0 aliphatic heterocycles. The molecule has 0 radical (unpaired) electrons. The number of para-hydroxylation sites is 1. The molecule has 9 aromatic rings. The number of benzene rings is 7. The van der Waals surface area contributed by atoms with Crippen molar-refractivity contribution in [1.82, 2.24) is 19.5 Å². The molecule has 0 saturated carbocycles. The molecule has 7 aromatic carbocycles. The maximum Gasteiger partial charge on any atom is 0.416 e. The van der Waals surface area contributed by atoms with E-state index >= 15 is 0 Å². The molecule has 6 nitrogen and oxygen atoms in total. The first-order chi connectivity index (χ1) is 27.8. The molecule has 57 heavy (non-hydrogen) atoms. The van der Waals surface area contributed by atoms with Gasteiger partial charge in [-0.1, -0.05) is 109 Å². The molecule has 0 unspecified atom stereocenters. The van der Waals surface area contributed by atoms with Crippen molar-refractivity contribution in [3.8, 4) is 74.2 Å². The topological polar surface area (TPSA) is 91.2 Å². The van der Waals surface area contributed by atoms with Gasteiger partial charge in [-0.3, -0.25) is 0 Å². The first-order valence-electron chi connectivity index (χ1n) is 18.0. The first-order valence-corrected chi connectivity index (χ1v) is 18.0. The zero-order valence-electron chi connectivity index (χ0n) is 29.9. The Labute approximate surface area is 325 Å². The van der Waals surface area contributed by atoms with Crippen molar-refractivity contribution in [1.29, 1.82) is 10.5 Å². The van der Waals surface area contributed by atoms with Crippen molar-refractivity contribution in [3.05, 3.63) is 180 Å². The molecule has 0 fully saturated rings. The molecule has 0 aliphatic rings. The summed E-state index contributed by atoms with van der Waals surface area (Å²) in [6, 6.07) is 53.2. The minimum absolute atomic E-state index is 0.288. The molecule has 2 aromatic heterocycles. The van der Waals surface area contributed by atoms with Crippen LogP contribution in [-0.2, 0) is 6.18 Å². The van der Waals surface area contributed by atoms with E-state index in [2.05, 4.69) is 16.7 Å². The van der Waals surface area contributed by atoms with Gasteiger partial charge >= 0.3 is 6.18 Å². The van der Waals surface area contributed by atoms with E-state index in [4.69, 9.17) is 15.0 Å². The normalized spacial score (nSPS) is 11.4. The van der Waals surface area contributed by atoms with Crippen LogP contribution in [0.2, 0.25) is 0 Å². The van der Waals surface area contributed by atoms with Gasteiger partial charge in [-0.2, -0.15) is 23.7 Å². The summed E-state index contributed by atoms with van der Waals surface area (Å²) >= 11 is 0. The highest BCUT2D eigenvalue weighted by Gasteiger charge is 2.31. The van der Waals surface area contributed by atoms with Crippen LogP contribution in [0.25, 0.3) is 83.9 Å². The number of hydrogen-bond donors (Lipinski definition) is 0. The zero-order chi connectivity index (χ0) is 39.1. The molecular formula is C48H27F3N6. The van der Waals surface area contributed by atoms with Crippen LogP contribution < -0.4 is 0 Å². The Morgan fingerprint density at radius 3 is 1.68 bits per heavy atom. The van der Waals surface area contributed by atoms with Gasteiger partial charge in [0.15, 0.2) is 17.5 Å². The Morgan fingerprint density at radius 2 is 1.04 bits per heavy atom. The van der Waals surface area contributed by atoms with Gasteiger partial charge in [0.2, 0.25) is 0 Å². The lowest BCUT2D eigenvalue weighted by Crippen LogP contribution is -2.05. The lowest BCUT2D eigenvalue weighted by molar-refractivity contribution is -0.137. The van der Waals surface area contributed by atoms with Crippen LogP contribution in [0.5, 0.6) is 0 Å². The van der Waals surface area contributed by atoms with Crippen molar-refractivity contribution >= 4 is 21.8 Å². The van der Waals surface area contributed by atoms with Crippen LogP contribution in [0.4, 0.5) is 13.2 Å². The lowest BCUT2D eigenvalue weighted by Gasteiger charge is -2.16. The number of aromatic nitrogens is 4. The lowest BCUT2D eigenvalue weighted by atomic mass is 9.96. The Morgan fingerprint density at radius 1 is 0.439 bits per heavy atom. The minimum atomic E-state index is -4.55. The maximum atomic E-state index is 14.1. The molecule has 0 aliphatic carbocycles. The quantitative estimate of drug-likeness (QED) is 0.169. The number of halogens is 3. The van der Waals surface area contributed by atoms with Crippen LogP contribution in [-0.4, -0.2) is 19.5 Å². The number of fused-ring (bicyclic) bond motifs is 3. The van der Waals surface area contributed by atoms with E-state index in [1.54, 1.807) is 24.3 Å². The Bertz CT molecular complexity index is 2990. The maximum absolute atomic E-state index is 14.1. The monoisotopic (exact) mass is 744 g/mol. The summed E-state index contributed by atoms with van der Waals surface area (Å²) in [5, 5.41) is 21.4. The zero-order valence-corrected chi connectivity index (χ0v) is 29.9. The number of nitriles is 2. The van der Waals surface area contributed by atoms with Crippen LogP contribution in [0.3, 0.4) is 0 Å². The van der Waals surface area contributed by atoms with E-state index in [1.807, 2.05) is 121 Å². The molecule has 2 heterocycles. The third kappa shape index (κ3) is 6.54. The van der Waals surface area contributed by atoms with Crippen molar-refractivity contribution in [2.45, 2.75) is 6.18 Å². The van der Waals surface area contributed by atoms with E-state index in [1.165, 1.54) is 6.07 Å². The average molecular weight is 745 g/mol. The fourth-order valence-corrected chi connectivity index (χ4v) is 7.25. The number of nitrogens with zero attached hydrogens (tertiary/aromatic N) is 6. The van der Waals surface area contributed by atoms with Crippen molar-refractivity contribution in [2.75, 3.05) is 0 Å². The molecule has 9 rings (SSSR count). The second kappa shape index (κ2) is 14.1. The van der Waals surface area contributed by atoms with Gasteiger partial charge < -0.3 is 4.57 Å². The predicted molar refractivity (Wildman–Crippen MR) is 216 cm³/mol. The molecule has 0 amide bonds. The van der Waals surface area contributed by atoms with E-state index in [0.717, 1.165) is 61.9 Å². The average Bonchev–Trinajstić information content (AvgIpc) is 3.60. The summed E-state index contributed by atoms with van der Waals surface area (Å²) in [5.74, 6) is 1.12. The van der Waals surface area contributed by atoms with Crippen LogP contribution >= 0.6 is 0 Å². The molecule has 0 saturated heterocycles. The van der Waals surface area contributed by atoms with Gasteiger partial charge in [0, 0.05) is 33.2 Å². The van der Waals surface area contributed by atoms with Crippen LogP contribution in [0.15, 0.2) is 164 Å². The smallest absolute Gasteiger partial charge is 0.309 e. The fourth-order valence-electron chi connectivity index (χ4n) is 7.25. The van der Waals surface area contributed by atoms with Crippen LogP contribution in [0.1, 0.15) is 16.7 Å². The van der Waals surface area contributed by atoms with Gasteiger partial charge in [-0.25, -0.2) is 15.0 Å². The predicted octanol–water partition coefficient (Wildman–Crippen LogP) is 12.1.